The minimum Gasteiger partial charge on any atom is -0.353 e. The second kappa shape index (κ2) is 8.58. The topological polar surface area (TPSA) is 62.3 Å². The molecule has 1 atom stereocenters. The van der Waals surface area contributed by atoms with Crippen molar-refractivity contribution in [2.24, 2.45) is 11.3 Å². The van der Waals surface area contributed by atoms with Crippen molar-refractivity contribution < 1.29 is 9.59 Å². The first kappa shape index (κ1) is 20.6. The van der Waals surface area contributed by atoms with Crippen LogP contribution in [0.4, 0.5) is 0 Å². The standard InChI is InChI=1S/C25H31N3O2/c1-18(2)27-24(30)25(12-14-28(17-25)23(29)19-8-5-9-19)15-20-7-3-4-11-22(20)21-10-6-13-26-16-21/h3-4,6-7,10-11,13,16,18-19H,5,8-9,12,14-15,17H2,1-2H3,(H,27,30). The Labute approximate surface area is 178 Å². The molecule has 2 aromatic rings. The van der Waals surface area contributed by atoms with Crippen LogP contribution in [-0.2, 0) is 16.0 Å². The van der Waals surface area contributed by atoms with E-state index in [1.54, 1.807) is 6.20 Å². The molecule has 1 aromatic carbocycles. The third kappa shape index (κ3) is 4.11. The SMILES string of the molecule is CC(C)NC(=O)C1(Cc2ccccc2-c2cccnc2)CCN(C(=O)C2CCC2)C1. The lowest BCUT2D eigenvalue weighted by Gasteiger charge is -2.32. The predicted molar refractivity (Wildman–Crippen MR) is 118 cm³/mol. The first-order valence-corrected chi connectivity index (χ1v) is 11.1. The van der Waals surface area contributed by atoms with E-state index in [-0.39, 0.29) is 23.8 Å². The maximum absolute atomic E-state index is 13.4. The molecule has 1 aliphatic carbocycles. The summed E-state index contributed by atoms with van der Waals surface area (Å²) in [5, 5.41) is 3.13. The van der Waals surface area contributed by atoms with Gasteiger partial charge in [-0.15, -0.1) is 0 Å². The highest BCUT2D eigenvalue weighted by atomic mass is 16.2. The molecule has 0 bridgehead atoms. The predicted octanol–water partition coefficient (Wildman–Crippen LogP) is 3.83. The number of carbonyl (C=O) groups excluding carboxylic acids is 2. The van der Waals surface area contributed by atoms with Crippen LogP contribution in [0.5, 0.6) is 0 Å². The van der Waals surface area contributed by atoms with Gasteiger partial charge in [0.05, 0.1) is 5.41 Å². The summed E-state index contributed by atoms with van der Waals surface area (Å²) in [5.41, 5.74) is 2.68. The highest BCUT2D eigenvalue weighted by Crippen LogP contribution is 2.39. The van der Waals surface area contributed by atoms with Gasteiger partial charge < -0.3 is 10.2 Å². The Morgan fingerprint density at radius 2 is 2.00 bits per heavy atom. The van der Waals surface area contributed by atoms with Crippen LogP contribution in [-0.4, -0.2) is 40.8 Å². The first-order valence-electron chi connectivity index (χ1n) is 11.1. The van der Waals surface area contributed by atoms with Crippen LogP contribution >= 0.6 is 0 Å². The zero-order valence-electron chi connectivity index (χ0n) is 17.9. The van der Waals surface area contributed by atoms with E-state index in [0.29, 0.717) is 25.9 Å². The Kier molecular flexibility index (Phi) is 5.89. The van der Waals surface area contributed by atoms with E-state index in [4.69, 9.17) is 0 Å². The molecule has 1 saturated carbocycles. The van der Waals surface area contributed by atoms with Crippen molar-refractivity contribution in [2.45, 2.75) is 52.0 Å². The van der Waals surface area contributed by atoms with Crippen LogP contribution in [0.25, 0.3) is 11.1 Å². The number of rotatable bonds is 6. The molecule has 5 nitrogen and oxygen atoms in total. The molecule has 1 saturated heterocycles. The Balaban J connectivity index is 1.64. The fourth-order valence-corrected chi connectivity index (χ4v) is 4.64. The summed E-state index contributed by atoms with van der Waals surface area (Å²) in [7, 11) is 0. The zero-order chi connectivity index (χ0) is 21.1. The summed E-state index contributed by atoms with van der Waals surface area (Å²) in [6.07, 6.45) is 8.07. The lowest BCUT2D eigenvalue weighted by Crippen LogP contribution is -2.48. The van der Waals surface area contributed by atoms with E-state index in [9.17, 15) is 9.59 Å². The van der Waals surface area contributed by atoms with Crippen molar-refractivity contribution in [3.63, 3.8) is 0 Å². The minimum atomic E-state index is -0.595. The van der Waals surface area contributed by atoms with E-state index in [2.05, 4.69) is 22.4 Å². The number of likely N-dealkylation sites (tertiary alicyclic amines) is 1. The maximum atomic E-state index is 13.4. The Morgan fingerprint density at radius 1 is 1.20 bits per heavy atom. The molecule has 158 valence electrons. The van der Waals surface area contributed by atoms with Crippen LogP contribution in [0.3, 0.4) is 0 Å². The molecule has 2 heterocycles. The molecule has 4 rings (SSSR count). The molecule has 1 unspecified atom stereocenters. The number of carbonyl (C=O) groups is 2. The molecule has 1 N–H and O–H groups in total. The van der Waals surface area contributed by atoms with Gasteiger partial charge in [0.1, 0.15) is 0 Å². The molecule has 0 radical (unpaired) electrons. The van der Waals surface area contributed by atoms with Crippen molar-refractivity contribution in [2.75, 3.05) is 13.1 Å². The van der Waals surface area contributed by atoms with Crippen molar-refractivity contribution in [3.8, 4) is 11.1 Å². The van der Waals surface area contributed by atoms with Crippen molar-refractivity contribution in [1.82, 2.24) is 15.2 Å². The minimum absolute atomic E-state index is 0.0578. The van der Waals surface area contributed by atoms with E-state index in [1.807, 2.05) is 49.2 Å². The van der Waals surface area contributed by atoms with Crippen LogP contribution in [0.1, 0.15) is 45.1 Å². The summed E-state index contributed by atoms with van der Waals surface area (Å²) in [6.45, 7) is 5.14. The summed E-state index contributed by atoms with van der Waals surface area (Å²) in [6, 6.07) is 12.3. The van der Waals surface area contributed by atoms with E-state index in [0.717, 1.165) is 36.0 Å². The van der Waals surface area contributed by atoms with Gasteiger partial charge in [-0.25, -0.2) is 0 Å². The van der Waals surface area contributed by atoms with Crippen LogP contribution < -0.4 is 5.32 Å². The smallest absolute Gasteiger partial charge is 0.228 e. The second-order valence-corrected chi connectivity index (χ2v) is 9.12. The molecule has 5 heteroatoms. The van der Waals surface area contributed by atoms with Gasteiger partial charge >= 0.3 is 0 Å². The lowest BCUT2D eigenvalue weighted by atomic mass is 9.78. The summed E-state index contributed by atoms with van der Waals surface area (Å²) in [4.78, 5) is 32.5. The summed E-state index contributed by atoms with van der Waals surface area (Å²) in [5.74, 6) is 0.458. The fraction of sp³-hybridized carbons (Fsp3) is 0.480. The molecule has 2 amide bonds. The molecule has 2 aliphatic rings. The highest BCUT2D eigenvalue weighted by molar-refractivity contribution is 5.87. The average Bonchev–Trinajstić information content (AvgIpc) is 3.13. The zero-order valence-corrected chi connectivity index (χ0v) is 17.9. The van der Waals surface area contributed by atoms with Gasteiger partial charge in [-0.1, -0.05) is 36.8 Å². The number of nitrogens with zero attached hydrogens (tertiary/aromatic N) is 2. The molecular formula is C25H31N3O2. The number of benzene rings is 1. The van der Waals surface area contributed by atoms with Gasteiger partial charge in [0, 0.05) is 43.0 Å². The molecular weight excluding hydrogens is 374 g/mol. The third-order valence-electron chi connectivity index (χ3n) is 6.54. The van der Waals surface area contributed by atoms with E-state index >= 15 is 0 Å². The average molecular weight is 406 g/mol. The number of aromatic nitrogens is 1. The number of amides is 2. The van der Waals surface area contributed by atoms with Gasteiger partial charge in [-0.05, 0) is 56.7 Å². The van der Waals surface area contributed by atoms with Gasteiger partial charge in [0.25, 0.3) is 0 Å². The normalized spacial score (nSPS) is 21.5. The Hall–Kier alpha value is -2.69. The monoisotopic (exact) mass is 405 g/mol. The van der Waals surface area contributed by atoms with Gasteiger partial charge in [-0.3, -0.25) is 14.6 Å². The van der Waals surface area contributed by atoms with Crippen LogP contribution in [0.15, 0.2) is 48.8 Å². The maximum Gasteiger partial charge on any atom is 0.228 e. The molecule has 0 spiro atoms. The lowest BCUT2D eigenvalue weighted by molar-refractivity contribution is -0.138. The number of hydrogen-bond donors (Lipinski definition) is 1. The van der Waals surface area contributed by atoms with Crippen molar-refractivity contribution >= 4 is 11.8 Å². The quantitative estimate of drug-likeness (QED) is 0.794. The first-order chi connectivity index (χ1) is 14.5. The van der Waals surface area contributed by atoms with Gasteiger partial charge in [0.2, 0.25) is 11.8 Å². The summed E-state index contributed by atoms with van der Waals surface area (Å²) < 4.78 is 0. The fourth-order valence-electron chi connectivity index (χ4n) is 4.64. The molecule has 2 fully saturated rings. The van der Waals surface area contributed by atoms with E-state index in [1.165, 1.54) is 0 Å². The number of nitrogens with one attached hydrogen (secondary N) is 1. The summed E-state index contributed by atoms with van der Waals surface area (Å²) >= 11 is 0. The highest BCUT2D eigenvalue weighted by Gasteiger charge is 2.47. The Morgan fingerprint density at radius 3 is 2.67 bits per heavy atom. The van der Waals surface area contributed by atoms with E-state index < -0.39 is 5.41 Å². The Bertz CT molecular complexity index is 908. The second-order valence-electron chi connectivity index (χ2n) is 9.12. The molecule has 1 aliphatic heterocycles. The largest absolute Gasteiger partial charge is 0.353 e. The molecule has 1 aromatic heterocycles. The van der Waals surface area contributed by atoms with Crippen molar-refractivity contribution in [3.05, 3.63) is 54.4 Å². The molecule has 30 heavy (non-hydrogen) atoms. The van der Waals surface area contributed by atoms with Gasteiger partial charge in [0.15, 0.2) is 0 Å². The number of pyridine rings is 1. The third-order valence-corrected chi connectivity index (χ3v) is 6.54. The van der Waals surface area contributed by atoms with Crippen molar-refractivity contribution in [1.29, 1.82) is 0 Å². The number of hydrogen-bond acceptors (Lipinski definition) is 3. The van der Waals surface area contributed by atoms with Crippen LogP contribution in [0, 0.1) is 11.3 Å². The van der Waals surface area contributed by atoms with Crippen LogP contribution in [0.2, 0.25) is 0 Å². The van der Waals surface area contributed by atoms with Gasteiger partial charge in [-0.2, -0.15) is 0 Å².